The van der Waals surface area contributed by atoms with Crippen LogP contribution in [0.5, 0.6) is 0 Å². The van der Waals surface area contributed by atoms with E-state index in [9.17, 15) is 0 Å². The van der Waals surface area contributed by atoms with E-state index in [-0.39, 0.29) is 17.3 Å². The van der Waals surface area contributed by atoms with E-state index in [1.807, 2.05) is 6.20 Å². The average Bonchev–Trinajstić information content (AvgIpc) is 2.13. The Morgan fingerprint density at radius 2 is 1.46 bits per heavy atom. The third kappa shape index (κ3) is 7.34. The standard InChI is InChI=1S/C79H63N3/c1-7-38-80-43-46(3)59-29-19-50-25-35-66-61(31-21-52-23-33-64(59)71(50)73(52)66)57-40-56(41-58(42-57)62-32-22-53-24-34-65-60(55-14-13-47(4)81-44-55)30-20-51-26-36-67(62)74(53)72(51)65)48-15-17-54(18-16-48)75-76-63-11-9-8-10-49(63)27-37-70(76)82-78-68-28-12-45(2)39-69(68)79(5,6)77(75)78/h7-22,24-38,40-45,47,52,72,74,81H,1,23,39H2,2-6H3/b46-43+,80-38-. The molecule has 3 heteroatoms. The van der Waals surface area contributed by atoms with E-state index in [1.165, 1.54) is 143 Å². The fourth-order valence-corrected chi connectivity index (χ4v) is 15.5. The topological polar surface area (TPSA) is 37.3 Å². The molecule has 5 atom stereocenters. The van der Waals surface area contributed by atoms with Crippen molar-refractivity contribution in [1.82, 2.24) is 10.3 Å². The molecule has 1 aliphatic heterocycles. The lowest BCUT2D eigenvalue weighted by atomic mass is 9.61. The van der Waals surface area contributed by atoms with Crippen molar-refractivity contribution in [2.75, 3.05) is 0 Å². The molecule has 1 N–H and O–H groups in total. The number of aromatic nitrogens is 1. The summed E-state index contributed by atoms with van der Waals surface area (Å²) in [5.41, 5.74) is 28.0. The zero-order chi connectivity index (χ0) is 55.1. The maximum Gasteiger partial charge on any atom is 0.0756 e. The predicted octanol–water partition coefficient (Wildman–Crippen LogP) is 17.5. The number of dihydropyridines is 1. The van der Waals surface area contributed by atoms with Crippen LogP contribution in [-0.2, 0) is 5.41 Å². The lowest BCUT2D eigenvalue weighted by Gasteiger charge is -2.42. The number of nitrogens with zero attached hydrogens (tertiary/aromatic N) is 2. The lowest BCUT2D eigenvalue weighted by Crippen LogP contribution is -2.31. The largest absolute Gasteiger partial charge is 0.384 e. The van der Waals surface area contributed by atoms with Gasteiger partial charge in [-0.1, -0.05) is 209 Å². The van der Waals surface area contributed by atoms with Crippen molar-refractivity contribution in [1.29, 1.82) is 0 Å². The molecule has 0 bridgehead atoms. The van der Waals surface area contributed by atoms with Crippen molar-refractivity contribution in [3.63, 3.8) is 0 Å². The summed E-state index contributed by atoms with van der Waals surface area (Å²) >= 11 is 0. The molecule has 5 unspecified atom stereocenters. The summed E-state index contributed by atoms with van der Waals surface area (Å²) in [5, 5.41) is 12.6. The van der Waals surface area contributed by atoms with E-state index in [0.717, 1.165) is 29.6 Å². The molecule has 6 aromatic carbocycles. The second kappa shape index (κ2) is 18.4. The van der Waals surface area contributed by atoms with Gasteiger partial charge < -0.3 is 5.32 Å². The van der Waals surface area contributed by atoms with Crippen LogP contribution in [0.1, 0.15) is 86.9 Å². The molecule has 16 rings (SSSR count). The van der Waals surface area contributed by atoms with Crippen molar-refractivity contribution in [2.24, 2.45) is 22.7 Å². The zero-order valence-electron chi connectivity index (χ0n) is 47.2. The summed E-state index contributed by atoms with van der Waals surface area (Å²) in [5.74, 6) is 1.23. The van der Waals surface area contributed by atoms with Crippen LogP contribution in [0, 0.1) is 17.8 Å². The van der Waals surface area contributed by atoms with Gasteiger partial charge in [-0.15, -0.1) is 0 Å². The Balaban J connectivity index is 0.891. The highest BCUT2D eigenvalue weighted by Gasteiger charge is 2.43. The molecule has 0 saturated heterocycles. The molecule has 3 nitrogen and oxygen atoms in total. The molecule has 1 aromatic heterocycles. The average molecular weight is 1050 g/mol. The Kier molecular flexibility index (Phi) is 10.9. The van der Waals surface area contributed by atoms with E-state index in [2.05, 4.69) is 252 Å². The normalized spacial score (nSPS) is 23.1. The molecule has 7 aromatic rings. The summed E-state index contributed by atoms with van der Waals surface area (Å²) in [6.07, 6.45) is 45.4. The molecular formula is C79H63N3. The number of aliphatic imine (C=N–C) groups is 1. The molecular weight excluding hydrogens is 991 g/mol. The van der Waals surface area contributed by atoms with Gasteiger partial charge in [0.05, 0.1) is 11.2 Å². The second-order valence-electron chi connectivity index (χ2n) is 24.6. The minimum absolute atomic E-state index is 0.188. The van der Waals surface area contributed by atoms with Gasteiger partial charge in [0.25, 0.3) is 0 Å². The minimum atomic E-state index is -0.188. The highest BCUT2D eigenvalue weighted by molar-refractivity contribution is 6.16. The molecule has 0 saturated carbocycles. The van der Waals surface area contributed by atoms with Crippen LogP contribution in [0.4, 0.5) is 0 Å². The Morgan fingerprint density at radius 3 is 2.32 bits per heavy atom. The van der Waals surface area contributed by atoms with Gasteiger partial charge in [0.1, 0.15) is 0 Å². The van der Waals surface area contributed by atoms with E-state index < -0.39 is 0 Å². The molecule has 82 heavy (non-hydrogen) atoms. The highest BCUT2D eigenvalue weighted by Crippen LogP contribution is 2.57. The Bertz CT molecular complexity index is 4720. The maximum absolute atomic E-state index is 5.57. The first-order valence-corrected chi connectivity index (χ1v) is 29.5. The zero-order valence-corrected chi connectivity index (χ0v) is 47.2. The van der Waals surface area contributed by atoms with Crippen molar-refractivity contribution >= 4 is 67.0 Å². The summed E-state index contributed by atoms with van der Waals surface area (Å²) in [6.45, 7) is 15.4. The second-order valence-corrected chi connectivity index (χ2v) is 24.6. The van der Waals surface area contributed by atoms with Crippen molar-refractivity contribution in [2.45, 2.75) is 64.8 Å². The van der Waals surface area contributed by atoms with Gasteiger partial charge in [-0.3, -0.25) is 4.99 Å². The maximum atomic E-state index is 5.57. The Morgan fingerprint density at radius 1 is 0.695 bits per heavy atom. The molecule has 0 spiro atoms. The molecule has 0 amide bonds. The number of allylic oxidation sites excluding steroid dienone is 24. The van der Waals surface area contributed by atoms with Crippen molar-refractivity contribution in [3.05, 3.63) is 296 Å². The van der Waals surface area contributed by atoms with Crippen LogP contribution < -0.4 is 15.8 Å². The number of nitrogens with one attached hydrogen (secondary N) is 1. The van der Waals surface area contributed by atoms with E-state index in [0.29, 0.717) is 17.9 Å². The van der Waals surface area contributed by atoms with Crippen LogP contribution in [-0.4, -0.2) is 17.2 Å². The Hall–Kier alpha value is -9.18. The van der Waals surface area contributed by atoms with Crippen LogP contribution in [0.2, 0.25) is 0 Å². The highest BCUT2D eigenvalue weighted by atomic mass is 14.9. The Labute approximate surface area is 480 Å². The SMILES string of the molecule is C=C/C=N\C=C(/C)c1ccc2ccc3c4c2c1=CCC4C=CC=3c1cc(C2=C3C=CC4=CC=C(C5=CNC(C)C=C5)C5=CC=C(C=C2)C3C45)cc(-c2ccc(-c3c4c(nc5ccc6ccccc6c35)C3=C(CC(C)C=C3)C4(C)C)cc2)c1. The lowest BCUT2D eigenvalue weighted by molar-refractivity contribution is 0.561. The van der Waals surface area contributed by atoms with Crippen LogP contribution in [0.3, 0.4) is 0 Å². The van der Waals surface area contributed by atoms with Gasteiger partial charge in [-0.05, 0) is 189 Å². The molecule has 2 heterocycles. The van der Waals surface area contributed by atoms with Gasteiger partial charge in [-0.25, -0.2) is 4.98 Å². The molecule has 0 fully saturated rings. The first kappa shape index (κ1) is 48.7. The smallest absolute Gasteiger partial charge is 0.0756 e. The number of rotatable bonds is 8. The van der Waals surface area contributed by atoms with Gasteiger partial charge in [0, 0.05) is 58.8 Å². The number of hydrogen-bond donors (Lipinski definition) is 1. The van der Waals surface area contributed by atoms with E-state index in [4.69, 9.17) is 4.98 Å². The predicted molar refractivity (Wildman–Crippen MR) is 346 cm³/mol. The van der Waals surface area contributed by atoms with Crippen LogP contribution >= 0.6 is 0 Å². The monoisotopic (exact) mass is 1050 g/mol. The van der Waals surface area contributed by atoms with Crippen LogP contribution in [0.25, 0.3) is 83.1 Å². The number of pyridine rings is 1. The summed E-state index contributed by atoms with van der Waals surface area (Å²) in [6, 6.07) is 40.0. The fourth-order valence-electron chi connectivity index (χ4n) is 15.5. The van der Waals surface area contributed by atoms with E-state index in [1.54, 1.807) is 12.3 Å². The first-order chi connectivity index (χ1) is 40.1. The van der Waals surface area contributed by atoms with Crippen LogP contribution in [0.15, 0.2) is 257 Å². The number of fused-ring (bicyclic) bond motifs is 5. The molecule has 394 valence electrons. The molecule has 0 radical (unpaired) electrons. The number of hydrogen-bond acceptors (Lipinski definition) is 3. The van der Waals surface area contributed by atoms with Crippen molar-refractivity contribution < 1.29 is 0 Å². The van der Waals surface area contributed by atoms with Gasteiger partial charge in [0.2, 0.25) is 0 Å². The summed E-state index contributed by atoms with van der Waals surface area (Å²) in [4.78, 5) is 10.1. The van der Waals surface area contributed by atoms with Gasteiger partial charge in [0.15, 0.2) is 0 Å². The first-order valence-electron chi connectivity index (χ1n) is 29.5. The third-order valence-corrected chi connectivity index (χ3v) is 19.4. The summed E-state index contributed by atoms with van der Waals surface area (Å²) < 4.78 is 0. The van der Waals surface area contributed by atoms with Crippen molar-refractivity contribution in [3.8, 4) is 22.3 Å². The minimum Gasteiger partial charge on any atom is -0.384 e. The van der Waals surface area contributed by atoms with Gasteiger partial charge in [-0.2, -0.15) is 0 Å². The third-order valence-electron chi connectivity index (χ3n) is 19.4. The van der Waals surface area contributed by atoms with Gasteiger partial charge >= 0.3 is 0 Å². The molecule has 9 aliphatic rings. The fraction of sp³-hybridized carbons (Fsp3) is 0.165. The van der Waals surface area contributed by atoms with E-state index >= 15 is 0 Å². The quantitative estimate of drug-likeness (QED) is 0.122. The molecule has 8 aliphatic carbocycles. The number of benzene rings is 6. The summed E-state index contributed by atoms with van der Waals surface area (Å²) in [7, 11) is 0.